The van der Waals surface area contributed by atoms with Crippen molar-refractivity contribution in [3.63, 3.8) is 0 Å². The van der Waals surface area contributed by atoms with E-state index in [0.29, 0.717) is 11.3 Å². The third-order valence-corrected chi connectivity index (χ3v) is 4.99. The van der Waals surface area contributed by atoms with Gasteiger partial charge in [-0.2, -0.15) is 0 Å². The molecule has 0 saturated heterocycles. The molecule has 0 amide bonds. The average molecular weight is 474 g/mol. The van der Waals surface area contributed by atoms with E-state index in [1.54, 1.807) is 12.1 Å². The summed E-state index contributed by atoms with van der Waals surface area (Å²) in [5.41, 5.74) is -0.00331. The summed E-state index contributed by atoms with van der Waals surface area (Å²) < 4.78 is 10.8. The summed E-state index contributed by atoms with van der Waals surface area (Å²) in [6, 6.07) is 10.7. The number of nitro benzene ring substituents is 2. The van der Waals surface area contributed by atoms with Gasteiger partial charge in [-0.05, 0) is 24.3 Å². The minimum Gasteiger partial charge on any atom is -0.457 e. The van der Waals surface area contributed by atoms with E-state index in [1.807, 2.05) is 0 Å². The number of hydrogen-bond acceptors (Lipinski definition) is 8. The zero-order valence-corrected chi connectivity index (χ0v) is 17.2. The Morgan fingerprint density at radius 2 is 1.56 bits per heavy atom. The molecule has 0 N–H and O–H groups in total. The van der Waals surface area contributed by atoms with Crippen LogP contribution in [0.2, 0.25) is 10.0 Å². The Kier molecular flexibility index (Phi) is 5.47. The smallest absolute Gasteiger partial charge is 0.363 e. The summed E-state index contributed by atoms with van der Waals surface area (Å²) in [4.78, 5) is 36.9. The lowest BCUT2D eigenvalue weighted by Crippen LogP contribution is -2.06. The van der Waals surface area contributed by atoms with Gasteiger partial charge < -0.3 is 9.15 Å². The lowest BCUT2D eigenvalue weighted by molar-refractivity contribution is -0.385. The van der Waals surface area contributed by atoms with Gasteiger partial charge in [0.25, 0.3) is 11.4 Å². The molecule has 0 spiro atoms. The lowest BCUT2D eigenvalue weighted by Gasteiger charge is -2.02. The van der Waals surface area contributed by atoms with Gasteiger partial charge in [0.2, 0.25) is 5.90 Å². The molecule has 32 heavy (non-hydrogen) atoms. The normalized spacial score (nSPS) is 14.4. The van der Waals surface area contributed by atoms with Crippen molar-refractivity contribution in [1.82, 2.24) is 0 Å². The molecule has 4 rings (SSSR count). The van der Waals surface area contributed by atoms with Crippen molar-refractivity contribution < 1.29 is 23.8 Å². The summed E-state index contributed by atoms with van der Waals surface area (Å²) in [5, 5.41) is 22.1. The fourth-order valence-corrected chi connectivity index (χ4v) is 3.31. The predicted molar refractivity (Wildman–Crippen MR) is 115 cm³/mol. The zero-order valence-electron chi connectivity index (χ0n) is 15.7. The van der Waals surface area contributed by atoms with Gasteiger partial charge in [0.15, 0.2) is 5.70 Å². The monoisotopic (exact) mass is 473 g/mol. The first-order valence-corrected chi connectivity index (χ1v) is 9.49. The highest BCUT2D eigenvalue weighted by Crippen LogP contribution is 2.33. The molecule has 0 saturated carbocycles. The molecule has 160 valence electrons. The van der Waals surface area contributed by atoms with Crippen molar-refractivity contribution in [2.24, 2.45) is 4.99 Å². The number of halogens is 2. The Morgan fingerprint density at radius 3 is 2.25 bits per heavy atom. The molecule has 10 nitrogen and oxygen atoms in total. The molecule has 0 radical (unpaired) electrons. The molecule has 0 aliphatic carbocycles. The van der Waals surface area contributed by atoms with E-state index in [0.717, 1.165) is 6.07 Å². The van der Waals surface area contributed by atoms with Crippen LogP contribution in [0.1, 0.15) is 11.3 Å². The number of cyclic esters (lactones) is 1. The number of benzene rings is 2. The molecule has 0 atom stereocenters. The van der Waals surface area contributed by atoms with Gasteiger partial charge in [-0.25, -0.2) is 9.79 Å². The van der Waals surface area contributed by atoms with Crippen LogP contribution in [0, 0.1) is 20.2 Å². The molecule has 1 aromatic heterocycles. The average Bonchev–Trinajstić information content (AvgIpc) is 3.35. The van der Waals surface area contributed by atoms with Crippen LogP contribution in [0.4, 0.5) is 11.4 Å². The maximum absolute atomic E-state index is 12.2. The second kappa shape index (κ2) is 8.25. The maximum Gasteiger partial charge on any atom is 0.363 e. The van der Waals surface area contributed by atoms with Gasteiger partial charge >= 0.3 is 5.97 Å². The first kappa shape index (κ1) is 21.2. The first-order chi connectivity index (χ1) is 15.2. The molecule has 2 heterocycles. The molecule has 2 aromatic carbocycles. The lowest BCUT2D eigenvalue weighted by atomic mass is 10.1. The summed E-state index contributed by atoms with van der Waals surface area (Å²) in [6.07, 6.45) is 1.31. The van der Waals surface area contributed by atoms with Crippen molar-refractivity contribution >= 4 is 52.5 Å². The van der Waals surface area contributed by atoms with Gasteiger partial charge in [0.1, 0.15) is 11.5 Å². The topological polar surface area (TPSA) is 138 Å². The molecule has 1 aliphatic rings. The van der Waals surface area contributed by atoms with Crippen LogP contribution in [0.3, 0.4) is 0 Å². The number of furan rings is 1. The molecule has 12 heteroatoms. The molecule has 0 unspecified atom stereocenters. The van der Waals surface area contributed by atoms with E-state index < -0.39 is 15.8 Å². The van der Waals surface area contributed by atoms with E-state index in [1.165, 1.54) is 36.4 Å². The van der Waals surface area contributed by atoms with Crippen LogP contribution in [0.5, 0.6) is 0 Å². The summed E-state index contributed by atoms with van der Waals surface area (Å²) in [5.74, 6) is -0.431. The number of esters is 1. The van der Waals surface area contributed by atoms with Crippen LogP contribution in [0.15, 0.2) is 63.6 Å². The minimum absolute atomic E-state index is 0.0930. The van der Waals surface area contributed by atoms with Crippen molar-refractivity contribution in [3.05, 3.63) is 95.8 Å². The highest BCUT2D eigenvalue weighted by molar-refractivity contribution is 6.34. The van der Waals surface area contributed by atoms with Crippen LogP contribution < -0.4 is 0 Å². The van der Waals surface area contributed by atoms with Crippen molar-refractivity contribution in [2.75, 3.05) is 0 Å². The Balaban J connectivity index is 1.65. The van der Waals surface area contributed by atoms with Crippen LogP contribution in [0.25, 0.3) is 17.4 Å². The van der Waals surface area contributed by atoms with E-state index in [2.05, 4.69) is 4.99 Å². The zero-order chi connectivity index (χ0) is 23.0. The maximum atomic E-state index is 12.2. The van der Waals surface area contributed by atoms with Crippen LogP contribution in [-0.2, 0) is 9.53 Å². The standard InChI is InChI=1S/C20H9Cl2N3O7/c21-15-5-2-10(24(27)28)7-14(15)19-23-17(20(26)32-19)9-12-3-6-18(31-12)13-4-1-11(25(29)30)8-16(13)22/h1-9H/b17-9-. The van der Waals surface area contributed by atoms with E-state index in [-0.39, 0.29) is 44.3 Å². The number of carbonyl (C=O) groups is 1. The Labute approximate surface area is 188 Å². The fourth-order valence-electron chi connectivity index (χ4n) is 2.84. The van der Waals surface area contributed by atoms with E-state index in [4.69, 9.17) is 32.4 Å². The second-order valence-electron chi connectivity index (χ2n) is 6.38. The van der Waals surface area contributed by atoms with E-state index >= 15 is 0 Å². The van der Waals surface area contributed by atoms with Crippen molar-refractivity contribution in [3.8, 4) is 11.3 Å². The SMILES string of the molecule is O=C1OC(c2cc([N+](=O)[O-])ccc2Cl)=N/C1=C\c1ccc(-c2ccc([N+](=O)[O-])cc2Cl)o1. The number of aliphatic imine (C=N–C) groups is 1. The predicted octanol–water partition coefficient (Wildman–Crippen LogP) is 5.41. The summed E-state index contributed by atoms with van der Waals surface area (Å²) in [7, 11) is 0. The second-order valence-corrected chi connectivity index (χ2v) is 7.19. The molecular weight excluding hydrogens is 465 g/mol. The van der Waals surface area contributed by atoms with Gasteiger partial charge in [0, 0.05) is 35.9 Å². The van der Waals surface area contributed by atoms with E-state index in [9.17, 15) is 25.0 Å². The Hall–Kier alpha value is -4.02. The van der Waals surface area contributed by atoms with Crippen molar-refractivity contribution in [2.45, 2.75) is 0 Å². The number of ether oxygens (including phenoxy) is 1. The number of nitrogens with zero attached hydrogens (tertiary/aromatic N) is 3. The Bertz CT molecular complexity index is 1360. The number of nitro groups is 2. The molecule has 3 aromatic rings. The van der Waals surface area contributed by atoms with Crippen molar-refractivity contribution in [1.29, 1.82) is 0 Å². The molecular formula is C20H9Cl2N3O7. The summed E-state index contributed by atoms with van der Waals surface area (Å²) >= 11 is 12.2. The largest absolute Gasteiger partial charge is 0.457 e. The highest BCUT2D eigenvalue weighted by atomic mass is 35.5. The summed E-state index contributed by atoms with van der Waals surface area (Å²) in [6.45, 7) is 0. The minimum atomic E-state index is -0.797. The van der Waals surface area contributed by atoms with Crippen LogP contribution >= 0.6 is 23.2 Å². The fraction of sp³-hybridized carbons (Fsp3) is 0. The van der Waals surface area contributed by atoms with Gasteiger partial charge in [0.05, 0.1) is 25.5 Å². The Morgan fingerprint density at radius 1 is 0.875 bits per heavy atom. The van der Waals surface area contributed by atoms with Gasteiger partial charge in [-0.15, -0.1) is 0 Å². The van der Waals surface area contributed by atoms with Gasteiger partial charge in [-0.3, -0.25) is 20.2 Å². The quantitative estimate of drug-likeness (QED) is 0.208. The number of non-ortho nitro benzene ring substituents is 2. The molecule has 0 bridgehead atoms. The van der Waals surface area contributed by atoms with Crippen LogP contribution in [-0.4, -0.2) is 21.7 Å². The third-order valence-electron chi connectivity index (χ3n) is 4.35. The number of carbonyl (C=O) groups excluding carboxylic acids is 1. The highest BCUT2D eigenvalue weighted by Gasteiger charge is 2.27. The number of rotatable bonds is 5. The number of hydrogen-bond donors (Lipinski definition) is 0. The third kappa shape index (κ3) is 4.09. The molecule has 0 fully saturated rings. The molecule has 1 aliphatic heterocycles. The van der Waals surface area contributed by atoms with Gasteiger partial charge in [-0.1, -0.05) is 23.2 Å². The first-order valence-electron chi connectivity index (χ1n) is 8.74.